The van der Waals surface area contributed by atoms with E-state index in [0.29, 0.717) is 22.5 Å². The van der Waals surface area contributed by atoms with E-state index in [1.54, 1.807) is 12.3 Å². The summed E-state index contributed by atoms with van der Waals surface area (Å²) in [6.07, 6.45) is 1.61. The summed E-state index contributed by atoms with van der Waals surface area (Å²) in [4.78, 5) is 10.5. The van der Waals surface area contributed by atoms with Crippen LogP contribution >= 0.6 is 11.8 Å². The second-order valence-corrected chi connectivity index (χ2v) is 6.24. The second kappa shape index (κ2) is 6.98. The zero-order chi connectivity index (χ0) is 18.0. The lowest BCUT2D eigenvalue weighted by Gasteiger charge is -2.08. The first-order valence-electron chi connectivity index (χ1n) is 7.39. The second-order valence-electron chi connectivity index (χ2n) is 5.30. The van der Waals surface area contributed by atoms with E-state index >= 15 is 0 Å². The minimum atomic E-state index is -0.421. The van der Waals surface area contributed by atoms with Gasteiger partial charge in [-0.25, -0.2) is 0 Å². The average molecular weight is 360 g/mol. The summed E-state index contributed by atoms with van der Waals surface area (Å²) in [5, 5.41) is 20.1. The third-order valence-corrected chi connectivity index (χ3v) is 4.84. The molecule has 0 aliphatic rings. The molecule has 2 aromatic heterocycles. The largest absolute Gasteiger partial charge is 0.496 e. The van der Waals surface area contributed by atoms with Crippen LogP contribution in [0.3, 0.4) is 0 Å². The van der Waals surface area contributed by atoms with Crippen molar-refractivity contribution in [3.8, 4) is 17.1 Å². The van der Waals surface area contributed by atoms with E-state index in [0.717, 1.165) is 16.9 Å². The van der Waals surface area contributed by atoms with Crippen LogP contribution in [-0.2, 0) is 12.8 Å². The number of nitrogens with zero attached hydrogens (tertiary/aromatic N) is 4. The zero-order valence-electron chi connectivity index (χ0n) is 13.9. The van der Waals surface area contributed by atoms with E-state index in [1.165, 1.54) is 31.0 Å². The molecule has 0 spiro atoms. The van der Waals surface area contributed by atoms with Crippen LogP contribution in [0.5, 0.6) is 5.75 Å². The first kappa shape index (κ1) is 17.0. The Kier molecular flexibility index (Phi) is 4.75. The molecule has 2 heterocycles. The van der Waals surface area contributed by atoms with Crippen molar-refractivity contribution in [2.24, 2.45) is 7.05 Å². The Morgan fingerprint density at radius 1 is 1.36 bits per heavy atom. The summed E-state index contributed by atoms with van der Waals surface area (Å²) >= 11 is 1.43. The first-order valence-corrected chi connectivity index (χ1v) is 8.37. The van der Waals surface area contributed by atoms with Crippen LogP contribution in [0.25, 0.3) is 11.4 Å². The number of methoxy groups -OCH3 is 1. The molecule has 9 heteroatoms. The Hall–Kier alpha value is -2.81. The van der Waals surface area contributed by atoms with Gasteiger partial charge in [0, 0.05) is 30.5 Å². The fourth-order valence-corrected chi connectivity index (χ4v) is 3.31. The van der Waals surface area contributed by atoms with Crippen molar-refractivity contribution in [2.45, 2.75) is 17.8 Å². The molecule has 25 heavy (non-hydrogen) atoms. The van der Waals surface area contributed by atoms with Crippen molar-refractivity contribution in [1.29, 1.82) is 0 Å². The number of hydrogen-bond acceptors (Lipinski definition) is 7. The van der Waals surface area contributed by atoms with Crippen LogP contribution in [0.2, 0.25) is 0 Å². The number of hydrogen-bond donors (Lipinski definition) is 0. The van der Waals surface area contributed by atoms with Crippen LogP contribution < -0.4 is 4.74 Å². The van der Waals surface area contributed by atoms with Crippen LogP contribution in [-0.4, -0.2) is 26.8 Å². The minimum Gasteiger partial charge on any atom is -0.496 e. The van der Waals surface area contributed by atoms with E-state index in [9.17, 15) is 10.1 Å². The standard InChI is InChI=1S/C16H16N4O4S/c1-10-13(6-7-24-10)15-17-18-16(19(15)2)25-9-11-8-12(20(21)22)4-5-14(11)23-3/h4-8H,9H2,1-3H3. The molecule has 1 aromatic carbocycles. The fourth-order valence-electron chi connectivity index (χ4n) is 2.43. The van der Waals surface area contributed by atoms with E-state index in [1.807, 2.05) is 24.6 Å². The summed E-state index contributed by atoms with van der Waals surface area (Å²) in [5.41, 5.74) is 1.64. The molecule has 0 atom stereocenters. The zero-order valence-corrected chi connectivity index (χ0v) is 14.7. The van der Waals surface area contributed by atoms with Gasteiger partial charge in [0.05, 0.1) is 23.9 Å². The number of nitro benzene ring substituents is 1. The Morgan fingerprint density at radius 3 is 2.80 bits per heavy atom. The predicted octanol–water partition coefficient (Wildman–Crippen LogP) is 3.59. The third-order valence-electron chi connectivity index (χ3n) is 3.77. The molecular formula is C16H16N4O4S. The van der Waals surface area contributed by atoms with Crippen molar-refractivity contribution in [3.63, 3.8) is 0 Å². The molecule has 3 rings (SSSR count). The molecule has 130 valence electrons. The van der Waals surface area contributed by atoms with Crippen molar-refractivity contribution in [2.75, 3.05) is 7.11 Å². The van der Waals surface area contributed by atoms with Gasteiger partial charge in [-0.05, 0) is 19.1 Å². The number of aromatic nitrogens is 3. The van der Waals surface area contributed by atoms with Crippen LogP contribution in [0.15, 0.2) is 40.1 Å². The predicted molar refractivity (Wildman–Crippen MR) is 92.7 cm³/mol. The number of ether oxygens (including phenoxy) is 1. The number of thioether (sulfide) groups is 1. The minimum absolute atomic E-state index is 0.0316. The van der Waals surface area contributed by atoms with Gasteiger partial charge in [-0.15, -0.1) is 10.2 Å². The van der Waals surface area contributed by atoms with Gasteiger partial charge in [0.2, 0.25) is 0 Å². The molecule has 0 saturated carbocycles. The molecule has 0 bridgehead atoms. The highest BCUT2D eigenvalue weighted by Crippen LogP contribution is 2.31. The van der Waals surface area contributed by atoms with Gasteiger partial charge in [0.15, 0.2) is 11.0 Å². The smallest absolute Gasteiger partial charge is 0.270 e. The topological polar surface area (TPSA) is 96.2 Å². The maximum Gasteiger partial charge on any atom is 0.270 e. The van der Waals surface area contributed by atoms with Gasteiger partial charge in [0.1, 0.15) is 11.5 Å². The normalized spacial score (nSPS) is 10.8. The highest BCUT2D eigenvalue weighted by Gasteiger charge is 2.17. The van der Waals surface area contributed by atoms with Crippen molar-refractivity contribution < 1.29 is 14.1 Å². The Bertz CT molecular complexity index is 919. The average Bonchev–Trinajstić information content (AvgIpc) is 3.18. The molecule has 0 aliphatic heterocycles. The van der Waals surface area contributed by atoms with Gasteiger partial charge in [-0.1, -0.05) is 11.8 Å². The summed E-state index contributed by atoms with van der Waals surface area (Å²) in [6.45, 7) is 1.87. The van der Waals surface area contributed by atoms with Crippen molar-refractivity contribution in [3.05, 3.63) is 52.0 Å². The number of benzene rings is 1. The van der Waals surface area contributed by atoms with E-state index < -0.39 is 4.92 Å². The van der Waals surface area contributed by atoms with Crippen LogP contribution in [0.1, 0.15) is 11.3 Å². The van der Waals surface area contributed by atoms with E-state index in [4.69, 9.17) is 9.15 Å². The van der Waals surface area contributed by atoms with Gasteiger partial charge < -0.3 is 13.7 Å². The van der Waals surface area contributed by atoms with E-state index in [-0.39, 0.29) is 5.69 Å². The number of rotatable bonds is 6. The van der Waals surface area contributed by atoms with Crippen molar-refractivity contribution >= 4 is 17.4 Å². The van der Waals surface area contributed by atoms with Gasteiger partial charge >= 0.3 is 0 Å². The van der Waals surface area contributed by atoms with Gasteiger partial charge in [0.25, 0.3) is 5.69 Å². The first-order chi connectivity index (χ1) is 12.0. The van der Waals surface area contributed by atoms with Crippen molar-refractivity contribution in [1.82, 2.24) is 14.8 Å². The summed E-state index contributed by atoms with van der Waals surface area (Å²) < 4.78 is 12.5. The highest BCUT2D eigenvalue weighted by atomic mass is 32.2. The monoisotopic (exact) mass is 360 g/mol. The summed E-state index contributed by atoms with van der Waals surface area (Å²) in [5.74, 6) is 2.56. The lowest BCUT2D eigenvalue weighted by Crippen LogP contribution is -1.97. The summed E-state index contributed by atoms with van der Waals surface area (Å²) in [7, 11) is 3.41. The quantitative estimate of drug-likeness (QED) is 0.376. The Morgan fingerprint density at radius 2 is 2.16 bits per heavy atom. The lowest BCUT2D eigenvalue weighted by atomic mass is 10.2. The molecule has 0 fully saturated rings. The number of nitro groups is 1. The molecule has 0 saturated heterocycles. The Labute approximate surface area is 148 Å². The molecule has 0 unspecified atom stereocenters. The molecule has 0 amide bonds. The Balaban J connectivity index is 1.83. The molecule has 8 nitrogen and oxygen atoms in total. The molecular weight excluding hydrogens is 344 g/mol. The van der Waals surface area contributed by atoms with Gasteiger partial charge in [-0.3, -0.25) is 10.1 Å². The molecule has 0 radical (unpaired) electrons. The fraction of sp³-hybridized carbons (Fsp3) is 0.250. The molecule has 3 aromatic rings. The number of non-ortho nitro benzene ring substituents is 1. The lowest BCUT2D eigenvalue weighted by molar-refractivity contribution is -0.384. The SMILES string of the molecule is COc1ccc([N+](=O)[O-])cc1CSc1nnc(-c2ccoc2C)n1C. The number of furan rings is 1. The van der Waals surface area contributed by atoms with Gasteiger partial charge in [-0.2, -0.15) is 0 Å². The maximum absolute atomic E-state index is 11.0. The maximum atomic E-state index is 11.0. The molecule has 0 aliphatic carbocycles. The highest BCUT2D eigenvalue weighted by molar-refractivity contribution is 7.98. The van der Waals surface area contributed by atoms with E-state index in [2.05, 4.69) is 10.2 Å². The van der Waals surface area contributed by atoms with Crippen LogP contribution in [0.4, 0.5) is 5.69 Å². The number of aryl methyl sites for hydroxylation is 1. The summed E-state index contributed by atoms with van der Waals surface area (Å²) in [6, 6.07) is 6.39. The molecule has 0 N–H and O–H groups in total. The van der Waals surface area contributed by atoms with Crippen LogP contribution in [0, 0.1) is 17.0 Å². The third kappa shape index (κ3) is 3.36.